The molecule has 1 aromatic carbocycles. The zero-order chi connectivity index (χ0) is 10.6. The standard InChI is InChI=1S/C10H13NO3/c1-14-10(13)9(12)8(11)7-5-3-2-4-6-7/h2-6,8-9,12H,11H2,1H3/t8?,9-/m1/s1. The number of esters is 1. The van der Waals surface area contributed by atoms with Crippen LogP contribution in [0.1, 0.15) is 11.6 Å². The van der Waals surface area contributed by atoms with Crippen LogP contribution in [0, 0.1) is 0 Å². The number of hydrogen-bond acceptors (Lipinski definition) is 4. The summed E-state index contributed by atoms with van der Waals surface area (Å²) in [6, 6.07) is 8.16. The van der Waals surface area contributed by atoms with Gasteiger partial charge in [0.25, 0.3) is 0 Å². The Labute approximate surface area is 82.3 Å². The molecule has 0 bridgehead atoms. The molecule has 0 heterocycles. The van der Waals surface area contributed by atoms with Gasteiger partial charge in [-0.25, -0.2) is 4.79 Å². The maximum Gasteiger partial charge on any atom is 0.336 e. The van der Waals surface area contributed by atoms with Crippen LogP contribution >= 0.6 is 0 Å². The van der Waals surface area contributed by atoms with E-state index in [0.29, 0.717) is 5.56 Å². The lowest BCUT2D eigenvalue weighted by molar-refractivity contribution is -0.151. The van der Waals surface area contributed by atoms with Gasteiger partial charge in [-0.1, -0.05) is 30.3 Å². The Balaban J connectivity index is 2.75. The summed E-state index contributed by atoms with van der Waals surface area (Å²) in [5.41, 5.74) is 6.36. The second-order valence-electron chi connectivity index (χ2n) is 2.90. The van der Waals surface area contributed by atoms with Crippen molar-refractivity contribution in [1.29, 1.82) is 0 Å². The summed E-state index contributed by atoms with van der Waals surface area (Å²) in [4.78, 5) is 11.0. The number of carbonyl (C=O) groups is 1. The Morgan fingerprint density at radius 1 is 1.43 bits per heavy atom. The van der Waals surface area contributed by atoms with Crippen molar-refractivity contribution in [3.63, 3.8) is 0 Å². The Kier molecular flexibility index (Phi) is 3.62. The van der Waals surface area contributed by atoms with Crippen molar-refractivity contribution < 1.29 is 14.6 Å². The summed E-state index contributed by atoms with van der Waals surface area (Å²) in [5.74, 6) is -0.721. The molecule has 0 amide bonds. The first-order valence-electron chi connectivity index (χ1n) is 4.23. The van der Waals surface area contributed by atoms with E-state index < -0.39 is 18.1 Å². The predicted molar refractivity (Wildman–Crippen MR) is 51.4 cm³/mol. The molecule has 0 radical (unpaired) electrons. The molecule has 4 heteroatoms. The maximum absolute atomic E-state index is 11.0. The van der Waals surface area contributed by atoms with Crippen LogP contribution in [0.15, 0.2) is 30.3 Å². The van der Waals surface area contributed by atoms with Crippen LogP contribution in [0.2, 0.25) is 0 Å². The molecule has 1 aromatic rings. The third kappa shape index (κ3) is 2.31. The molecule has 14 heavy (non-hydrogen) atoms. The Hall–Kier alpha value is -1.39. The van der Waals surface area contributed by atoms with E-state index >= 15 is 0 Å². The second-order valence-corrected chi connectivity index (χ2v) is 2.90. The quantitative estimate of drug-likeness (QED) is 0.677. The minimum absolute atomic E-state index is 0.699. The van der Waals surface area contributed by atoms with Gasteiger partial charge in [-0.2, -0.15) is 0 Å². The lowest BCUT2D eigenvalue weighted by atomic mass is 10.0. The number of rotatable bonds is 3. The number of aliphatic hydroxyl groups is 1. The van der Waals surface area contributed by atoms with Gasteiger partial charge in [0.05, 0.1) is 13.2 Å². The molecule has 1 rings (SSSR count). The molecule has 0 aliphatic heterocycles. The van der Waals surface area contributed by atoms with Crippen molar-refractivity contribution in [3.05, 3.63) is 35.9 Å². The molecule has 0 aliphatic carbocycles. The van der Waals surface area contributed by atoms with Crippen molar-refractivity contribution >= 4 is 5.97 Å². The Morgan fingerprint density at radius 3 is 2.50 bits per heavy atom. The van der Waals surface area contributed by atoms with Gasteiger partial charge in [-0.3, -0.25) is 0 Å². The molecule has 1 unspecified atom stereocenters. The van der Waals surface area contributed by atoms with Crippen molar-refractivity contribution in [3.8, 4) is 0 Å². The number of carbonyl (C=O) groups excluding carboxylic acids is 1. The number of methoxy groups -OCH3 is 1. The topological polar surface area (TPSA) is 72.5 Å². The van der Waals surface area contributed by atoms with Crippen LogP contribution in [-0.4, -0.2) is 24.3 Å². The molecule has 0 spiro atoms. The van der Waals surface area contributed by atoms with E-state index in [9.17, 15) is 9.90 Å². The molecule has 3 N–H and O–H groups in total. The van der Waals surface area contributed by atoms with E-state index in [1.54, 1.807) is 24.3 Å². The Bertz CT molecular complexity index is 299. The van der Waals surface area contributed by atoms with Crippen LogP contribution < -0.4 is 5.73 Å². The molecule has 0 saturated carbocycles. The minimum Gasteiger partial charge on any atom is -0.467 e. The molecular formula is C10H13NO3. The molecule has 2 atom stereocenters. The first kappa shape index (κ1) is 10.7. The third-order valence-electron chi connectivity index (χ3n) is 1.97. The van der Waals surface area contributed by atoms with Gasteiger partial charge >= 0.3 is 5.97 Å². The SMILES string of the molecule is COC(=O)[C@H](O)C(N)c1ccccc1. The van der Waals surface area contributed by atoms with Crippen LogP contribution in [-0.2, 0) is 9.53 Å². The predicted octanol–water partition coefficient (Wildman–Crippen LogP) is 0.220. The summed E-state index contributed by atoms with van der Waals surface area (Å²) in [6.45, 7) is 0. The number of benzene rings is 1. The lowest BCUT2D eigenvalue weighted by Crippen LogP contribution is -2.34. The third-order valence-corrected chi connectivity index (χ3v) is 1.97. The number of ether oxygens (including phenoxy) is 1. The fourth-order valence-electron chi connectivity index (χ4n) is 1.12. The van der Waals surface area contributed by atoms with E-state index in [-0.39, 0.29) is 0 Å². The van der Waals surface area contributed by atoms with E-state index in [4.69, 9.17) is 5.73 Å². The highest BCUT2D eigenvalue weighted by Crippen LogP contribution is 2.14. The van der Waals surface area contributed by atoms with E-state index in [2.05, 4.69) is 4.74 Å². The van der Waals surface area contributed by atoms with Gasteiger partial charge in [-0.05, 0) is 5.56 Å². The van der Waals surface area contributed by atoms with E-state index in [1.807, 2.05) is 6.07 Å². The Morgan fingerprint density at radius 2 is 2.00 bits per heavy atom. The molecule has 0 fully saturated rings. The van der Waals surface area contributed by atoms with Crippen LogP contribution in [0.4, 0.5) is 0 Å². The molecular weight excluding hydrogens is 182 g/mol. The van der Waals surface area contributed by atoms with Crippen molar-refractivity contribution in [2.75, 3.05) is 7.11 Å². The van der Waals surface area contributed by atoms with Crippen molar-refractivity contribution in [1.82, 2.24) is 0 Å². The monoisotopic (exact) mass is 195 g/mol. The van der Waals surface area contributed by atoms with E-state index in [1.165, 1.54) is 7.11 Å². The highest BCUT2D eigenvalue weighted by Gasteiger charge is 2.24. The first-order chi connectivity index (χ1) is 6.66. The van der Waals surface area contributed by atoms with Gasteiger partial charge in [0.15, 0.2) is 6.10 Å². The average Bonchev–Trinajstić information content (AvgIpc) is 2.27. The summed E-state index contributed by atoms with van der Waals surface area (Å²) in [5, 5.41) is 9.44. The fourth-order valence-corrected chi connectivity index (χ4v) is 1.12. The van der Waals surface area contributed by atoms with Gasteiger partial charge in [0, 0.05) is 0 Å². The summed E-state index contributed by atoms with van der Waals surface area (Å²) < 4.78 is 4.39. The second kappa shape index (κ2) is 4.74. The minimum atomic E-state index is -1.32. The van der Waals surface area contributed by atoms with Crippen molar-refractivity contribution in [2.45, 2.75) is 12.1 Å². The summed E-state index contributed by atoms with van der Waals surface area (Å²) >= 11 is 0. The van der Waals surface area contributed by atoms with Gasteiger partial charge in [0.2, 0.25) is 0 Å². The highest BCUT2D eigenvalue weighted by molar-refractivity contribution is 5.75. The van der Waals surface area contributed by atoms with Crippen LogP contribution in [0.25, 0.3) is 0 Å². The number of hydrogen-bond donors (Lipinski definition) is 2. The average molecular weight is 195 g/mol. The number of aliphatic hydroxyl groups excluding tert-OH is 1. The summed E-state index contributed by atoms with van der Waals surface area (Å²) in [7, 11) is 1.21. The molecule has 0 saturated heterocycles. The molecule has 76 valence electrons. The van der Waals surface area contributed by atoms with Gasteiger partial charge in [-0.15, -0.1) is 0 Å². The molecule has 0 aliphatic rings. The van der Waals surface area contributed by atoms with Crippen molar-refractivity contribution in [2.24, 2.45) is 5.73 Å². The lowest BCUT2D eigenvalue weighted by Gasteiger charge is -2.16. The largest absolute Gasteiger partial charge is 0.467 e. The smallest absolute Gasteiger partial charge is 0.336 e. The molecule has 4 nitrogen and oxygen atoms in total. The zero-order valence-electron chi connectivity index (χ0n) is 7.88. The molecule has 0 aromatic heterocycles. The number of nitrogens with two attached hydrogens (primary N) is 1. The van der Waals surface area contributed by atoms with Gasteiger partial charge in [0.1, 0.15) is 0 Å². The maximum atomic E-state index is 11.0. The normalized spacial score (nSPS) is 14.5. The first-order valence-corrected chi connectivity index (χ1v) is 4.23. The highest BCUT2D eigenvalue weighted by atomic mass is 16.5. The fraction of sp³-hybridized carbons (Fsp3) is 0.300. The van der Waals surface area contributed by atoms with E-state index in [0.717, 1.165) is 0 Å². The summed E-state index contributed by atoms with van der Waals surface area (Å²) in [6.07, 6.45) is -1.32. The van der Waals surface area contributed by atoms with Gasteiger partial charge < -0.3 is 15.6 Å². The van der Waals surface area contributed by atoms with Crippen LogP contribution in [0.5, 0.6) is 0 Å². The van der Waals surface area contributed by atoms with Crippen LogP contribution in [0.3, 0.4) is 0 Å². The zero-order valence-corrected chi connectivity index (χ0v) is 7.88.